The van der Waals surface area contributed by atoms with Crippen LogP contribution in [0.4, 0.5) is 5.82 Å². The Bertz CT molecular complexity index is 1070. The lowest BCUT2D eigenvalue weighted by atomic mass is 10.1. The van der Waals surface area contributed by atoms with Crippen LogP contribution in [-0.4, -0.2) is 50.9 Å². The van der Waals surface area contributed by atoms with Crippen molar-refractivity contribution in [2.45, 2.75) is 31.3 Å². The number of benzene rings is 1. The second-order valence-electron chi connectivity index (χ2n) is 7.52. The number of hydrogen-bond donors (Lipinski definition) is 1. The molecular weight excluding hydrogens is 352 g/mol. The molecule has 0 spiro atoms. The number of hydrogen-bond acceptors (Lipinski definition) is 5. The van der Waals surface area contributed by atoms with Gasteiger partial charge in [-0.05, 0) is 36.6 Å². The van der Waals surface area contributed by atoms with Gasteiger partial charge >= 0.3 is 0 Å². The number of carbonyl (C=O) groups excluding carboxylic acids is 1. The highest BCUT2D eigenvalue weighted by atomic mass is 16.2. The van der Waals surface area contributed by atoms with Crippen molar-refractivity contribution in [1.82, 2.24) is 19.9 Å². The highest BCUT2D eigenvalue weighted by Crippen LogP contribution is 2.34. The van der Waals surface area contributed by atoms with Crippen molar-refractivity contribution in [3.63, 3.8) is 0 Å². The zero-order valence-corrected chi connectivity index (χ0v) is 15.4. The Morgan fingerprint density at radius 3 is 2.82 bits per heavy atom. The van der Waals surface area contributed by atoms with E-state index in [2.05, 4.69) is 30.8 Å². The van der Waals surface area contributed by atoms with Gasteiger partial charge in [-0.2, -0.15) is 5.26 Å². The van der Waals surface area contributed by atoms with Crippen molar-refractivity contribution in [3.8, 4) is 6.07 Å². The summed E-state index contributed by atoms with van der Waals surface area (Å²) in [7, 11) is 0. The molecule has 1 N–H and O–H groups in total. The van der Waals surface area contributed by atoms with E-state index < -0.39 is 0 Å². The lowest BCUT2D eigenvalue weighted by molar-refractivity contribution is -0.133. The van der Waals surface area contributed by atoms with E-state index in [1.807, 2.05) is 24.4 Å². The van der Waals surface area contributed by atoms with Gasteiger partial charge in [-0.1, -0.05) is 12.1 Å². The molecule has 7 nitrogen and oxygen atoms in total. The number of piperazine rings is 1. The maximum atomic E-state index is 13.0. The third-order valence-corrected chi connectivity index (χ3v) is 5.81. The Morgan fingerprint density at radius 2 is 2.04 bits per heavy atom. The molecule has 2 unspecified atom stereocenters. The minimum absolute atomic E-state index is 0.150. The molecule has 1 aromatic carbocycles. The molecule has 3 aromatic rings. The molecule has 1 amide bonds. The van der Waals surface area contributed by atoms with Gasteiger partial charge in [0.2, 0.25) is 5.91 Å². The molecular formula is C21H20N6O. The Morgan fingerprint density at radius 1 is 1.21 bits per heavy atom. The molecule has 2 fully saturated rings. The lowest BCUT2D eigenvalue weighted by Gasteiger charge is -2.41. The average Bonchev–Trinajstić information content (AvgIpc) is 3.30. The molecule has 0 aliphatic carbocycles. The summed E-state index contributed by atoms with van der Waals surface area (Å²) in [5, 5.41) is 10.1. The van der Waals surface area contributed by atoms with Gasteiger partial charge in [0.1, 0.15) is 17.8 Å². The first-order valence-electron chi connectivity index (χ1n) is 9.56. The van der Waals surface area contributed by atoms with Gasteiger partial charge in [-0.3, -0.25) is 4.79 Å². The molecule has 2 aromatic heterocycles. The average molecular weight is 372 g/mol. The predicted molar refractivity (Wildman–Crippen MR) is 105 cm³/mol. The summed E-state index contributed by atoms with van der Waals surface area (Å²) in [5.41, 5.74) is 2.33. The molecule has 2 aliphatic rings. The molecule has 4 heterocycles. The first-order valence-corrected chi connectivity index (χ1v) is 9.56. The normalized spacial score (nSPS) is 21.1. The highest BCUT2D eigenvalue weighted by Gasteiger charge is 2.42. The number of anilines is 1. The van der Waals surface area contributed by atoms with Crippen molar-refractivity contribution in [1.29, 1.82) is 5.26 Å². The number of nitrogens with one attached hydrogen (secondary N) is 1. The molecule has 7 heteroatoms. The standard InChI is InChI=1S/C21H20N6O/c22-10-15-3-1-2-14(8-15)9-19(28)27-16-4-5-17(27)12-26(11-16)21-18-6-7-23-20(18)24-13-25-21/h1-3,6-8,13,16-17H,4-5,9,11-12H2,(H,23,24,25). The number of aromatic amines is 1. The largest absolute Gasteiger partial charge is 0.352 e. The molecule has 0 saturated carbocycles. The molecule has 28 heavy (non-hydrogen) atoms. The van der Waals surface area contributed by atoms with E-state index >= 15 is 0 Å². The quantitative estimate of drug-likeness (QED) is 0.762. The maximum Gasteiger partial charge on any atom is 0.227 e. The molecule has 2 aliphatic heterocycles. The van der Waals surface area contributed by atoms with Gasteiger partial charge in [-0.15, -0.1) is 0 Å². The third-order valence-electron chi connectivity index (χ3n) is 5.81. The van der Waals surface area contributed by atoms with Gasteiger partial charge in [-0.25, -0.2) is 9.97 Å². The van der Waals surface area contributed by atoms with Crippen LogP contribution in [0.1, 0.15) is 24.0 Å². The molecule has 0 radical (unpaired) electrons. The van der Waals surface area contributed by atoms with E-state index in [0.717, 1.165) is 48.3 Å². The Hall–Kier alpha value is -3.40. The second kappa shape index (κ2) is 6.64. The number of rotatable bonds is 3. The van der Waals surface area contributed by atoms with E-state index in [1.165, 1.54) is 0 Å². The van der Waals surface area contributed by atoms with E-state index in [-0.39, 0.29) is 18.0 Å². The number of carbonyl (C=O) groups is 1. The minimum Gasteiger partial charge on any atom is -0.352 e. The van der Waals surface area contributed by atoms with Crippen LogP contribution in [0.15, 0.2) is 42.9 Å². The number of fused-ring (bicyclic) bond motifs is 3. The summed E-state index contributed by atoms with van der Waals surface area (Å²) < 4.78 is 0. The number of nitrogens with zero attached hydrogens (tertiary/aromatic N) is 5. The molecule has 140 valence electrons. The topological polar surface area (TPSA) is 88.9 Å². The van der Waals surface area contributed by atoms with E-state index in [9.17, 15) is 4.79 Å². The van der Waals surface area contributed by atoms with Crippen LogP contribution < -0.4 is 4.90 Å². The van der Waals surface area contributed by atoms with Crippen LogP contribution in [0.3, 0.4) is 0 Å². The summed E-state index contributed by atoms with van der Waals surface area (Å²) in [6.45, 7) is 1.58. The molecule has 2 saturated heterocycles. The third kappa shape index (κ3) is 2.78. The van der Waals surface area contributed by atoms with Crippen LogP contribution in [0.25, 0.3) is 11.0 Å². The number of nitriles is 1. The van der Waals surface area contributed by atoms with Gasteiger partial charge in [0.05, 0.1) is 23.4 Å². The SMILES string of the molecule is N#Cc1cccc(CC(=O)N2C3CCC2CN(c2ncnc4[nH]ccc24)C3)c1. The summed E-state index contributed by atoms with van der Waals surface area (Å²) in [6, 6.07) is 11.9. The van der Waals surface area contributed by atoms with E-state index in [0.29, 0.717) is 12.0 Å². The first kappa shape index (κ1) is 16.8. The number of amides is 1. The van der Waals surface area contributed by atoms with Crippen LogP contribution in [-0.2, 0) is 11.2 Å². The van der Waals surface area contributed by atoms with Crippen molar-refractivity contribution in [2.75, 3.05) is 18.0 Å². The monoisotopic (exact) mass is 372 g/mol. The summed E-state index contributed by atoms with van der Waals surface area (Å²) in [6.07, 6.45) is 5.86. The molecule has 2 atom stereocenters. The fraction of sp³-hybridized carbons (Fsp3) is 0.333. The van der Waals surface area contributed by atoms with Gasteiger partial charge in [0.25, 0.3) is 0 Å². The highest BCUT2D eigenvalue weighted by molar-refractivity contribution is 5.87. The fourth-order valence-corrected chi connectivity index (χ4v) is 4.61. The predicted octanol–water partition coefficient (Wildman–Crippen LogP) is 2.25. The molecule has 5 rings (SSSR count). The van der Waals surface area contributed by atoms with Crippen LogP contribution >= 0.6 is 0 Å². The van der Waals surface area contributed by atoms with E-state index in [1.54, 1.807) is 18.5 Å². The Labute approximate surface area is 162 Å². The van der Waals surface area contributed by atoms with Crippen LogP contribution in [0.5, 0.6) is 0 Å². The second-order valence-corrected chi connectivity index (χ2v) is 7.52. The number of aromatic nitrogens is 3. The Kier molecular flexibility index (Phi) is 3.97. The summed E-state index contributed by atoms with van der Waals surface area (Å²) >= 11 is 0. The number of H-pyrrole nitrogens is 1. The minimum atomic E-state index is 0.150. The zero-order valence-electron chi connectivity index (χ0n) is 15.4. The van der Waals surface area contributed by atoms with Gasteiger partial charge < -0.3 is 14.8 Å². The van der Waals surface area contributed by atoms with E-state index in [4.69, 9.17) is 5.26 Å². The van der Waals surface area contributed by atoms with Crippen molar-refractivity contribution in [2.24, 2.45) is 0 Å². The van der Waals surface area contributed by atoms with Gasteiger partial charge in [0, 0.05) is 31.4 Å². The van der Waals surface area contributed by atoms with Gasteiger partial charge in [0.15, 0.2) is 0 Å². The Balaban J connectivity index is 1.35. The van der Waals surface area contributed by atoms with Crippen molar-refractivity contribution in [3.05, 3.63) is 54.0 Å². The fourth-order valence-electron chi connectivity index (χ4n) is 4.61. The van der Waals surface area contributed by atoms with Crippen molar-refractivity contribution >= 4 is 22.8 Å². The zero-order chi connectivity index (χ0) is 19.1. The van der Waals surface area contributed by atoms with Crippen LogP contribution in [0.2, 0.25) is 0 Å². The lowest BCUT2D eigenvalue weighted by Crippen LogP contribution is -2.56. The van der Waals surface area contributed by atoms with Crippen LogP contribution in [0, 0.1) is 11.3 Å². The first-order chi connectivity index (χ1) is 13.7. The smallest absolute Gasteiger partial charge is 0.227 e. The summed E-state index contributed by atoms with van der Waals surface area (Å²) in [4.78, 5) is 29.3. The summed E-state index contributed by atoms with van der Waals surface area (Å²) in [5.74, 6) is 1.09. The van der Waals surface area contributed by atoms with Crippen molar-refractivity contribution < 1.29 is 4.79 Å². The molecule has 2 bridgehead atoms. The maximum absolute atomic E-state index is 13.0.